The molecule has 1 N–H and O–H groups in total. The normalized spacial score (nSPS) is 16.9. The Morgan fingerprint density at radius 3 is 2.36 bits per heavy atom. The van der Waals surface area contributed by atoms with Gasteiger partial charge in [-0.2, -0.15) is 0 Å². The Labute approximate surface area is 165 Å². The van der Waals surface area contributed by atoms with Gasteiger partial charge in [0, 0.05) is 26.1 Å². The fourth-order valence-corrected chi connectivity index (χ4v) is 4.45. The minimum absolute atomic E-state index is 0.0325. The second kappa shape index (κ2) is 9.01. The summed E-state index contributed by atoms with van der Waals surface area (Å²) in [4.78, 5) is 26.5. The molecule has 7 heteroatoms. The summed E-state index contributed by atoms with van der Waals surface area (Å²) in [5.41, 5.74) is 1.15. The number of benzene rings is 2. The average Bonchev–Trinajstić information content (AvgIpc) is 3.08. The number of hydrogen-bond donors (Lipinski definition) is 1. The Bertz CT molecular complexity index is 914. The minimum Gasteiger partial charge on any atom is -0.355 e. The van der Waals surface area contributed by atoms with Crippen LogP contribution in [0.5, 0.6) is 0 Å². The van der Waals surface area contributed by atoms with Crippen LogP contribution in [0, 0.1) is 5.92 Å². The van der Waals surface area contributed by atoms with Gasteiger partial charge in [-0.3, -0.25) is 9.59 Å². The molecule has 0 aliphatic carbocycles. The van der Waals surface area contributed by atoms with Crippen LogP contribution in [0.15, 0.2) is 65.6 Å². The first kappa shape index (κ1) is 20.1. The number of nitrogens with zero attached hydrogens (tertiary/aromatic N) is 1. The van der Waals surface area contributed by atoms with E-state index >= 15 is 0 Å². The Kier molecular flexibility index (Phi) is 6.46. The summed E-state index contributed by atoms with van der Waals surface area (Å²) in [5.74, 6) is -0.893. The zero-order chi connectivity index (χ0) is 20.0. The number of hydrogen-bond acceptors (Lipinski definition) is 4. The molecule has 0 radical (unpaired) electrons. The molecule has 1 heterocycles. The van der Waals surface area contributed by atoms with E-state index in [-0.39, 0.29) is 35.4 Å². The molecule has 2 amide bonds. The highest BCUT2D eigenvalue weighted by Crippen LogP contribution is 2.18. The molecule has 1 aliphatic rings. The Hall–Kier alpha value is -2.67. The van der Waals surface area contributed by atoms with Crippen molar-refractivity contribution in [3.8, 4) is 0 Å². The second-order valence-corrected chi connectivity index (χ2v) is 9.01. The number of sulfone groups is 1. The van der Waals surface area contributed by atoms with Crippen LogP contribution in [0.4, 0.5) is 0 Å². The molecule has 1 saturated heterocycles. The average molecular weight is 401 g/mol. The molecule has 0 saturated carbocycles. The highest BCUT2D eigenvalue weighted by molar-refractivity contribution is 7.91. The molecule has 2 aromatic carbocycles. The summed E-state index contributed by atoms with van der Waals surface area (Å²) in [6.07, 6.45) is 0.919. The maximum atomic E-state index is 12.3. The summed E-state index contributed by atoms with van der Waals surface area (Å²) in [5, 5.41) is 2.67. The predicted molar refractivity (Wildman–Crippen MR) is 106 cm³/mol. The molecule has 1 aliphatic heterocycles. The lowest BCUT2D eigenvalue weighted by Crippen LogP contribution is -2.36. The van der Waals surface area contributed by atoms with Crippen LogP contribution in [0.1, 0.15) is 12.0 Å². The highest BCUT2D eigenvalue weighted by atomic mass is 32.2. The lowest BCUT2D eigenvalue weighted by Gasteiger charge is -2.16. The zero-order valence-corrected chi connectivity index (χ0v) is 16.4. The maximum Gasteiger partial charge on any atom is 0.225 e. The van der Waals surface area contributed by atoms with Crippen molar-refractivity contribution in [1.82, 2.24) is 10.2 Å². The summed E-state index contributed by atoms with van der Waals surface area (Å²) in [6, 6.07) is 18.1. The molecule has 1 fully saturated rings. The monoisotopic (exact) mass is 400 g/mol. The molecule has 2 aromatic rings. The van der Waals surface area contributed by atoms with Gasteiger partial charge >= 0.3 is 0 Å². The quantitative estimate of drug-likeness (QED) is 0.731. The van der Waals surface area contributed by atoms with Crippen molar-refractivity contribution in [2.75, 3.05) is 25.4 Å². The molecule has 148 valence electrons. The largest absolute Gasteiger partial charge is 0.355 e. The Morgan fingerprint density at radius 2 is 1.68 bits per heavy atom. The number of carbonyl (C=O) groups excluding carboxylic acids is 2. The lowest BCUT2D eigenvalue weighted by molar-refractivity contribution is -0.128. The Morgan fingerprint density at radius 1 is 1.04 bits per heavy atom. The van der Waals surface area contributed by atoms with Crippen LogP contribution >= 0.6 is 0 Å². The van der Waals surface area contributed by atoms with E-state index in [9.17, 15) is 18.0 Å². The summed E-state index contributed by atoms with van der Waals surface area (Å²) in [7, 11) is -3.43. The van der Waals surface area contributed by atoms with Gasteiger partial charge in [-0.05, 0) is 24.1 Å². The predicted octanol–water partition coefficient (Wildman–Crippen LogP) is 1.67. The molecule has 0 aromatic heterocycles. The number of likely N-dealkylation sites (tertiary alicyclic amines) is 1. The van der Waals surface area contributed by atoms with Crippen LogP contribution in [0.25, 0.3) is 0 Å². The van der Waals surface area contributed by atoms with Gasteiger partial charge in [0.05, 0.1) is 16.6 Å². The van der Waals surface area contributed by atoms with Crippen molar-refractivity contribution < 1.29 is 18.0 Å². The summed E-state index contributed by atoms with van der Waals surface area (Å²) in [6.45, 7) is 0.989. The third-order valence-electron chi connectivity index (χ3n) is 4.87. The van der Waals surface area contributed by atoms with Crippen molar-refractivity contribution >= 4 is 21.7 Å². The van der Waals surface area contributed by atoms with Gasteiger partial charge in [0.15, 0.2) is 9.84 Å². The van der Waals surface area contributed by atoms with Gasteiger partial charge in [-0.15, -0.1) is 0 Å². The third-order valence-corrected chi connectivity index (χ3v) is 6.60. The van der Waals surface area contributed by atoms with E-state index in [2.05, 4.69) is 5.32 Å². The van der Waals surface area contributed by atoms with Gasteiger partial charge in [0.2, 0.25) is 11.8 Å². The molecular formula is C21H24N2O4S. The number of nitrogens with one attached hydrogen (secondary N) is 1. The first-order valence-corrected chi connectivity index (χ1v) is 11.0. The van der Waals surface area contributed by atoms with Crippen molar-refractivity contribution in [2.24, 2.45) is 5.92 Å². The van der Waals surface area contributed by atoms with E-state index in [4.69, 9.17) is 0 Å². The maximum absolute atomic E-state index is 12.3. The van der Waals surface area contributed by atoms with Gasteiger partial charge in [-0.25, -0.2) is 8.42 Å². The minimum atomic E-state index is -3.43. The number of rotatable bonds is 8. The van der Waals surface area contributed by atoms with Crippen molar-refractivity contribution in [1.29, 1.82) is 0 Å². The van der Waals surface area contributed by atoms with Gasteiger partial charge in [-0.1, -0.05) is 48.5 Å². The topological polar surface area (TPSA) is 83.5 Å². The van der Waals surface area contributed by atoms with Crippen LogP contribution in [-0.2, 0) is 25.8 Å². The van der Waals surface area contributed by atoms with E-state index in [0.29, 0.717) is 13.1 Å². The fourth-order valence-electron chi connectivity index (χ4n) is 3.27. The van der Waals surface area contributed by atoms with Crippen molar-refractivity contribution in [3.63, 3.8) is 0 Å². The number of carbonyl (C=O) groups is 2. The second-order valence-electron chi connectivity index (χ2n) is 6.90. The number of amides is 2. The van der Waals surface area contributed by atoms with Crippen LogP contribution in [0.2, 0.25) is 0 Å². The Balaban J connectivity index is 1.45. The standard InChI is InChI=1S/C21H24N2O4S/c24-20-15-18(16-23(20)13-11-17-7-3-1-4-8-17)21(25)22-12-14-28(26,27)19-9-5-2-6-10-19/h1-10,18H,11-16H2,(H,22,25). The molecular weight excluding hydrogens is 376 g/mol. The molecule has 0 spiro atoms. The van der Waals surface area contributed by atoms with Gasteiger partial charge < -0.3 is 10.2 Å². The molecule has 1 unspecified atom stereocenters. The van der Waals surface area contributed by atoms with E-state index in [1.54, 1.807) is 23.1 Å². The molecule has 0 bridgehead atoms. The van der Waals surface area contributed by atoms with E-state index in [0.717, 1.165) is 12.0 Å². The van der Waals surface area contributed by atoms with Crippen molar-refractivity contribution in [2.45, 2.75) is 17.7 Å². The molecule has 6 nitrogen and oxygen atoms in total. The highest BCUT2D eigenvalue weighted by Gasteiger charge is 2.33. The molecule has 3 rings (SSSR count). The van der Waals surface area contributed by atoms with E-state index in [1.807, 2.05) is 30.3 Å². The smallest absolute Gasteiger partial charge is 0.225 e. The molecule has 28 heavy (non-hydrogen) atoms. The van der Waals surface area contributed by atoms with Crippen LogP contribution < -0.4 is 5.32 Å². The summed E-state index contributed by atoms with van der Waals surface area (Å²) >= 11 is 0. The van der Waals surface area contributed by atoms with Gasteiger partial charge in [0.25, 0.3) is 0 Å². The lowest BCUT2D eigenvalue weighted by atomic mass is 10.1. The van der Waals surface area contributed by atoms with E-state index in [1.165, 1.54) is 12.1 Å². The van der Waals surface area contributed by atoms with E-state index < -0.39 is 15.8 Å². The van der Waals surface area contributed by atoms with Crippen LogP contribution in [0.3, 0.4) is 0 Å². The fraction of sp³-hybridized carbons (Fsp3) is 0.333. The van der Waals surface area contributed by atoms with Crippen molar-refractivity contribution in [3.05, 3.63) is 66.2 Å². The first-order chi connectivity index (χ1) is 13.5. The zero-order valence-electron chi connectivity index (χ0n) is 15.6. The molecule has 1 atom stereocenters. The SMILES string of the molecule is O=C(NCCS(=O)(=O)c1ccccc1)C1CC(=O)N(CCc2ccccc2)C1. The van der Waals surface area contributed by atoms with Gasteiger partial charge in [0.1, 0.15) is 0 Å². The summed E-state index contributed by atoms with van der Waals surface area (Å²) < 4.78 is 24.5. The first-order valence-electron chi connectivity index (χ1n) is 9.33. The van der Waals surface area contributed by atoms with Crippen LogP contribution in [-0.4, -0.2) is 50.5 Å². The third kappa shape index (κ3) is 5.19.